The van der Waals surface area contributed by atoms with E-state index >= 15 is 0 Å². The Morgan fingerprint density at radius 1 is 1.21 bits per heavy atom. The van der Waals surface area contributed by atoms with Crippen molar-refractivity contribution in [2.45, 2.75) is 39.0 Å². The van der Waals surface area contributed by atoms with Crippen molar-refractivity contribution in [3.63, 3.8) is 0 Å². The quantitative estimate of drug-likeness (QED) is 0.763. The maximum absolute atomic E-state index is 12.2. The van der Waals surface area contributed by atoms with Crippen LogP contribution < -0.4 is 4.74 Å². The third kappa shape index (κ3) is 3.09. The Kier molecular flexibility index (Phi) is 4.46. The van der Waals surface area contributed by atoms with Crippen LogP contribution in [0.5, 0.6) is 5.75 Å². The van der Waals surface area contributed by atoms with Crippen molar-refractivity contribution >= 4 is 5.97 Å². The van der Waals surface area contributed by atoms with Crippen molar-refractivity contribution in [3.05, 3.63) is 29.8 Å². The number of hydrogen-bond acceptors (Lipinski definition) is 3. The molecule has 0 saturated heterocycles. The van der Waals surface area contributed by atoms with Gasteiger partial charge in [-0.1, -0.05) is 25.0 Å². The average Bonchev–Trinajstić information content (AvgIpc) is 2.90. The van der Waals surface area contributed by atoms with Crippen molar-refractivity contribution < 1.29 is 14.3 Å². The van der Waals surface area contributed by atoms with Crippen LogP contribution in [0.3, 0.4) is 0 Å². The van der Waals surface area contributed by atoms with Gasteiger partial charge in [0.2, 0.25) is 0 Å². The normalized spacial score (nSPS) is 17.2. The van der Waals surface area contributed by atoms with Gasteiger partial charge in [-0.15, -0.1) is 0 Å². The predicted molar refractivity (Wildman–Crippen MR) is 74.2 cm³/mol. The third-order valence-corrected chi connectivity index (χ3v) is 3.97. The lowest BCUT2D eigenvalue weighted by Gasteiger charge is -2.26. The zero-order chi connectivity index (χ0) is 13.7. The molecule has 0 bridgehead atoms. The fourth-order valence-electron chi connectivity index (χ4n) is 2.92. The molecule has 0 amide bonds. The van der Waals surface area contributed by atoms with E-state index in [9.17, 15) is 4.79 Å². The van der Waals surface area contributed by atoms with Gasteiger partial charge in [0.1, 0.15) is 5.75 Å². The molecule has 0 unspecified atom stereocenters. The molecule has 0 heterocycles. The van der Waals surface area contributed by atoms with Crippen LogP contribution in [0.15, 0.2) is 24.3 Å². The van der Waals surface area contributed by atoms with E-state index in [-0.39, 0.29) is 11.4 Å². The van der Waals surface area contributed by atoms with Gasteiger partial charge in [0.25, 0.3) is 0 Å². The standard InChI is InChI=1S/C16H22O3/c1-3-19-15(17)16(10-4-5-11-16)12-13-6-8-14(18-2)9-7-13/h6-9H,3-5,10-12H2,1-2H3. The summed E-state index contributed by atoms with van der Waals surface area (Å²) >= 11 is 0. The van der Waals surface area contributed by atoms with Crippen LogP contribution in [0.4, 0.5) is 0 Å². The maximum Gasteiger partial charge on any atom is 0.312 e. The number of ether oxygens (including phenoxy) is 2. The Balaban J connectivity index is 2.13. The van der Waals surface area contributed by atoms with Gasteiger partial charge in [-0.25, -0.2) is 0 Å². The van der Waals surface area contributed by atoms with Crippen LogP contribution in [0.1, 0.15) is 38.2 Å². The van der Waals surface area contributed by atoms with Gasteiger partial charge in [-0.3, -0.25) is 4.79 Å². The molecule has 1 fully saturated rings. The monoisotopic (exact) mass is 262 g/mol. The summed E-state index contributed by atoms with van der Waals surface area (Å²) in [5, 5.41) is 0. The number of rotatable bonds is 5. The summed E-state index contributed by atoms with van der Waals surface area (Å²) in [5.74, 6) is 0.823. The number of benzene rings is 1. The Morgan fingerprint density at radius 2 is 1.84 bits per heavy atom. The lowest BCUT2D eigenvalue weighted by Crippen LogP contribution is -2.32. The smallest absolute Gasteiger partial charge is 0.312 e. The molecule has 1 aromatic rings. The summed E-state index contributed by atoms with van der Waals surface area (Å²) in [4.78, 5) is 12.2. The highest BCUT2D eigenvalue weighted by Crippen LogP contribution is 2.42. The summed E-state index contributed by atoms with van der Waals surface area (Å²) in [5.41, 5.74) is 0.876. The van der Waals surface area contributed by atoms with Crippen molar-refractivity contribution in [1.29, 1.82) is 0 Å². The molecule has 0 N–H and O–H groups in total. The molecule has 0 radical (unpaired) electrons. The molecule has 104 valence electrons. The van der Waals surface area contributed by atoms with E-state index in [2.05, 4.69) is 0 Å². The average molecular weight is 262 g/mol. The highest BCUT2D eigenvalue weighted by Gasteiger charge is 2.42. The molecule has 2 rings (SSSR count). The van der Waals surface area contributed by atoms with Gasteiger partial charge < -0.3 is 9.47 Å². The number of methoxy groups -OCH3 is 1. The van der Waals surface area contributed by atoms with Gasteiger partial charge >= 0.3 is 5.97 Å². The summed E-state index contributed by atoms with van der Waals surface area (Å²) in [6.45, 7) is 2.33. The fraction of sp³-hybridized carbons (Fsp3) is 0.562. The van der Waals surface area contributed by atoms with Gasteiger partial charge in [-0.05, 0) is 43.9 Å². The van der Waals surface area contributed by atoms with E-state index in [4.69, 9.17) is 9.47 Å². The number of esters is 1. The van der Waals surface area contributed by atoms with E-state index < -0.39 is 0 Å². The molecule has 1 aliphatic rings. The summed E-state index contributed by atoms with van der Waals surface area (Å²) in [6, 6.07) is 7.97. The number of carbonyl (C=O) groups excluding carboxylic acids is 1. The van der Waals surface area contributed by atoms with Gasteiger partial charge in [0.15, 0.2) is 0 Å². The first-order valence-electron chi connectivity index (χ1n) is 7.00. The van der Waals surface area contributed by atoms with Crippen molar-refractivity contribution in [1.82, 2.24) is 0 Å². The first-order chi connectivity index (χ1) is 9.20. The van der Waals surface area contributed by atoms with Crippen LogP contribution in [-0.2, 0) is 16.0 Å². The molecule has 0 aromatic heterocycles. The molecular weight excluding hydrogens is 240 g/mol. The maximum atomic E-state index is 12.2. The van der Waals surface area contributed by atoms with Crippen LogP contribution in [0, 0.1) is 5.41 Å². The van der Waals surface area contributed by atoms with Crippen LogP contribution >= 0.6 is 0 Å². The third-order valence-electron chi connectivity index (χ3n) is 3.97. The van der Waals surface area contributed by atoms with Gasteiger partial charge in [-0.2, -0.15) is 0 Å². The summed E-state index contributed by atoms with van der Waals surface area (Å²) < 4.78 is 10.4. The Labute approximate surface area is 114 Å². The Hall–Kier alpha value is -1.51. The van der Waals surface area contributed by atoms with E-state index in [0.29, 0.717) is 6.61 Å². The van der Waals surface area contributed by atoms with Crippen molar-refractivity contribution in [2.24, 2.45) is 5.41 Å². The van der Waals surface area contributed by atoms with E-state index in [1.807, 2.05) is 31.2 Å². The molecule has 1 aliphatic carbocycles. The predicted octanol–water partition coefficient (Wildman–Crippen LogP) is 3.36. The van der Waals surface area contributed by atoms with E-state index in [0.717, 1.165) is 37.9 Å². The first kappa shape index (κ1) is 13.9. The second-order valence-electron chi connectivity index (χ2n) is 5.23. The molecule has 1 saturated carbocycles. The lowest BCUT2D eigenvalue weighted by atomic mass is 9.80. The Morgan fingerprint density at radius 3 is 2.37 bits per heavy atom. The molecule has 0 aliphatic heterocycles. The van der Waals surface area contributed by atoms with E-state index in [1.165, 1.54) is 5.56 Å². The van der Waals surface area contributed by atoms with Crippen molar-refractivity contribution in [2.75, 3.05) is 13.7 Å². The number of carbonyl (C=O) groups is 1. The minimum atomic E-state index is -0.301. The minimum absolute atomic E-state index is 0.0247. The number of hydrogen-bond donors (Lipinski definition) is 0. The molecule has 3 heteroatoms. The van der Waals surface area contributed by atoms with Gasteiger partial charge in [0, 0.05) is 0 Å². The van der Waals surface area contributed by atoms with Crippen LogP contribution in [-0.4, -0.2) is 19.7 Å². The topological polar surface area (TPSA) is 35.5 Å². The lowest BCUT2D eigenvalue weighted by molar-refractivity contribution is -0.155. The largest absolute Gasteiger partial charge is 0.497 e. The van der Waals surface area contributed by atoms with Crippen LogP contribution in [0.2, 0.25) is 0 Å². The highest BCUT2D eigenvalue weighted by atomic mass is 16.5. The summed E-state index contributed by atoms with van der Waals surface area (Å²) in [7, 11) is 1.66. The highest BCUT2D eigenvalue weighted by molar-refractivity contribution is 5.77. The zero-order valence-electron chi connectivity index (χ0n) is 11.8. The first-order valence-corrected chi connectivity index (χ1v) is 7.00. The van der Waals surface area contributed by atoms with Crippen LogP contribution in [0.25, 0.3) is 0 Å². The molecular formula is C16H22O3. The zero-order valence-corrected chi connectivity index (χ0v) is 11.8. The van der Waals surface area contributed by atoms with Crippen molar-refractivity contribution in [3.8, 4) is 5.75 Å². The molecule has 0 spiro atoms. The molecule has 3 nitrogen and oxygen atoms in total. The summed E-state index contributed by atoms with van der Waals surface area (Å²) in [6.07, 6.45) is 4.90. The molecule has 1 aromatic carbocycles. The second kappa shape index (κ2) is 6.09. The SMILES string of the molecule is CCOC(=O)C1(Cc2ccc(OC)cc2)CCCC1. The van der Waals surface area contributed by atoms with Gasteiger partial charge in [0.05, 0.1) is 19.1 Å². The second-order valence-corrected chi connectivity index (χ2v) is 5.23. The fourth-order valence-corrected chi connectivity index (χ4v) is 2.92. The molecule has 19 heavy (non-hydrogen) atoms. The Bertz CT molecular complexity index is 416. The molecule has 0 atom stereocenters. The minimum Gasteiger partial charge on any atom is -0.497 e. The van der Waals surface area contributed by atoms with E-state index in [1.54, 1.807) is 7.11 Å².